The second kappa shape index (κ2) is 9.67. The maximum Gasteiger partial charge on any atom is 0.251 e. The molecule has 1 aliphatic rings. The van der Waals surface area contributed by atoms with E-state index in [4.69, 9.17) is 11.6 Å². The van der Waals surface area contributed by atoms with Crippen LogP contribution in [-0.4, -0.2) is 52.7 Å². The van der Waals surface area contributed by atoms with E-state index in [0.29, 0.717) is 29.6 Å². The Morgan fingerprint density at radius 1 is 1.18 bits per heavy atom. The van der Waals surface area contributed by atoms with Crippen molar-refractivity contribution in [2.24, 2.45) is 0 Å². The quantitative estimate of drug-likeness (QED) is 0.566. The second-order valence-electron chi connectivity index (χ2n) is 8.36. The van der Waals surface area contributed by atoms with Crippen LogP contribution in [0, 0.1) is 17.5 Å². The monoisotopic (exact) mass is 477 g/mol. The van der Waals surface area contributed by atoms with Gasteiger partial charge in [-0.1, -0.05) is 17.7 Å². The Labute approximate surface area is 194 Å². The molecule has 0 aliphatic carbocycles. The van der Waals surface area contributed by atoms with Gasteiger partial charge in [0.05, 0.1) is 22.4 Å². The predicted molar refractivity (Wildman–Crippen MR) is 121 cm³/mol. The van der Waals surface area contributed by atoms with E-state index >= 15 is 0 Å². The standard InChI is InChI=1S/C24H23ClF3N3O2/c1-13(32)12-31-6-4-16(5-7-31)30-24(33)14-2-3-17-18(8-14)23(29-11-19(17)25)22-20(27)9-15(26)10-21(22)28/h2-3,8-11,13,16,32H,4-7,12H2,1H3,(H,30,33)/t13-/m0/s1. The predicted octanol–water partition coefficient (Wildman–Crippen LogP) is 4.55. The third kappa shape index (κ3) is 5.13. The van der Waals surface area contributed by atoms with E-state index in [0.717, 1.165) is 25.9 Å². The first kappa shape index (κ1) is 23.5. The van der Waals surface area contributed by atoms with Crippen molar-refractivity contribution < 1.29 is 23.1 Å². The summed E-state index contributed by atoms with van der Waals surface area (Å²) in [6.07, 6.45) is 2.36. The summed E-state index contributed by atoms with van der Waals surface area (Å²) in [5, 5.41) is 13.5. The lowest BCUT2D eigenvalue weighted by Gasteiger charge is -2.33. The molecule has 9 heteroatoms. The SMILES string of the molecule is C[C@H](O)CN1CCC(NC(=O)c2ccc3c(Cl)cnc(-c4c(F)cc(F)cc4F)c3c2)CC1. The molecule has 2 aromatic carbocycles. The average molecular weight is 478 g/mol. The number of likely N-dealkylation sites (tertiary alicyclic amines) is 1. The number of fused-ring (bicyclic) bond motifs is 1. The van der Waals surface area contributed by atoms with Gasteiger partial charge in [0, 0.05) is 60.3 Å². The van der Waals surface area contributed by atoms with Gasteiger partial charge < -0.3 is 15.3 Å². The maximum absolute atomic E-state index is 14.5. The number of halogens is 4. The topological polar surface area (TPSA) is 65.5 Å². The number of β-amino-alcohol motifs (C(OH)–C–C–N with tert-alkyl or cyclic N) is 1. The van der Waals surface area contributed by atoms with Gasteiger partial charge in [-0.05, 0) is 31.9 Å². The number of nitrogens with one attached hydrogen (secondary N) is 1. The molecule has 1 atom stereocenters. The second-order valence-corrected chi connectivity index (χ2v) is 8.76. The zero-order valence-corrected chi connectivity index (χ0v) is 18.7. The number of hydrogen-bond donors (Lipinski definition) is 2. The number of nitrogens with zero attached hydrogens (tertiary/aromatic N) is 2. The van der Waals surface area contributed by atoms with E-state index in [-0.39, 0.29) is 28.1 Å². The minimum atomic E-state index is -1.09. The molecule has 0 spiro atoms. The van der Waals surface area contributed by atoms with Crippen molar-refractivity contribution in [2.45, 2.75) is 31.9 Å². The van der Waals surface area contributed by atoms with E-state index in [1.165, 1.54) is 12.3 Å². The molecule has 1 saturated heterocycles. The van der Waals surface area contributed by atoms with Crippen LogP contribution in [-0.2, 0) is 0 Å². The number of rotatable bonds is 5. The summed E-state index contributed by atoms with van der Waals surface area (Å²) in [5.74, 6) is -3.55. The van der Waals surface area contributed by atoms with Crippen molar-refractivity contribution in [2.75, 3.05) is 19.6 Å². The summed E-state index contributed by atoms with van der Waals surface area (Å²) in [7, 11) is 0. The molecule has 1 fully saturated rings. The number of aliphatic hydroxyl groups is 1. The summed E-state index contributed by atoms with van der Waals surface area (Å²) in [6.45, 7) is 3.87. The van der Waals surface area contributed by atoms with E-state index in [1.54, 1.807) is 19.1 Å². The van der Waals surface area contributed by atoms with Crippen LogP contribution in [0.1, 0.15) is 30.1 Å². The molecule has 5 nitrogen and oxygen atoms in total. The molecule has 1 aromatic heterocycles. The van der Waals surface area contributed by atoms with Crippen LogP contribution in [0.5, 0.6) is 0 Å². The molecule has 174 valence electrons. The number of amides is 1. The third-order valence-corrected chi connectivity index (χ3v) is 6.09. The summed E-state index contributed by atoms with van der Waals surface area (Å²) < 4.78 is 42.3. The maximum atomic E-state index is 14.5. The summed E-state index contributed by atoms with van der Waals surface area (Å²) in [4.78, 5) is 19.1. The van der Waals surface area contributed by atoms with Crippen molar-refractivity contribution in [3.8, 4) is 11.3 Å². The van der Waals surface area contributed by atoms with Crippen molar-refractivity contribution in [3.05, 3.63) is 64.6 Å². The Hall–Kier alpha value is -2.68. The van der Waals surface area contributed by atoms with Gasteiger partial charge in [-0.25, -0.2) is 13.2 Å². The first-order valence-corrected chi connectivity index (χ1v) is 11.0. The highest BCUT2D eigenvalue weighted by atomic mass is 35.5. The molecule has 2 heterocycles. The summed E-state index contributed by atoms with van der Waals surface area (Å²) in [6, 6.07) is 5.82. The summed E-state index contributed by atoms with van der Waals surface area (Å²) >= 11 is 6.23. The fourth-order valence-corrected chi connectivity index (χ4v) is 4.43. The van der Waals surface area contributed by atoms with E-state index in [1.807, 2.05) is 0 Å². The Bertz CT molecular complexity index is 1170. The van der Waals surface area contributed by atoms with Crippen LogP contribution in [0.4, 0.5) is 13.2 Å². The average Bonchev–Trinajstić information content (AvgIpc) is 2.75. The Morgan fingerprint density at radius 3 is 2.48 bits per heavy atom. The third-order valence-electron chi connectivity index (χ3n) is 5.79. The lowest BCUT2D eigenvalue weighted by molar-refractivity contribution is 0.0861. The number of piperidine rings is 1. The van der Waals surface area contributed by atoms with Crippen molar-refractivity contribution in [3.63, 3.8) is 0 Å². The van der Waals surface area contributed by atoms with E-state index < -0.39 is 29.1 Å². The van der Waals surface area contributed by atoms with Gasteiger partial charge in [0.15, 0.2) is 0 Å². The van der Waals surface area contributed by atoms with E-state index in [9.17, 15) is 23.1 Å². The van der Waals surface area contributed by atoms with Crippen LogP contribution in [0.2, 0.25) is 5.02 Å². The molecular formula is C24H23ClF3N3O2. The molecule has 1 amide bonds. The van der Waals surface area contributed by atoms with Crippen LogP contribution in [0.3, 0.4) is 0 Å². The normalized spacial score (nSPS) is 16.2. The molecule has 33 heavy (non-hydrogen) atoms. The van der Waals surface area contributed by atoms with Crippen LogP contribution in [0.15, 0.2) is 36.5 Å². The zero-order chi connectivity index (χ0) is 23.7. The lowest BCUT2D eigenvalue weighted by atomic mass is 9.99. The fraction of sp³-hybridized carbons (Fsp3) is 0.333. The van der Waals surface area contributed by atoms with Crippen molar-refractivity contribution in [1.29, 1.82) is 0 Å². The molecule has 0 bridgehead atoms. The molecule has 0 radical (unpaired) electrons. The van der Waals surface area contributed by atoms with Gasteiger partial charge in [0.1, 0.15) is 17.5 Å². The van der Waals surface area contributed by atoms with Gasteiger partial charge in [-0.15, -0.1) is 0 Å². The van der Waals surface area contributed by atoms with Crippen molar-refractivity contribution in [1.82, 2.24) is 15.2 Å². The number of aliphatic hydroxyl groups excluding tert-OH is 1. The smallest absolute Gasteiger partial charge is 0.251 e. The van der Waals surface area contributed by atoms with Gasteiger partial charge in [0.25, 0.3) is 5.91 Å². The largest absolute Gasteiger partial charge is 0.392 e. The van der Waals surface area contributed by atoms with Crippen LogP contribution < -0.4 is 5.32 Å². The zero-order valence-electron chi connectivity index (χ0n) is 17.9. The van der Waals surface area contributed by atoms with E-state index in [2.05, 4.69) is 15.2 Å². The number of aromatic nitrogens is 1. The highest BCUT2D eigenvalue weighted by Crippen LogP contribution is 2.34. The number of carbonyl (C=O) groups excluding carboxylic acids is 1. The first-order chi connectivity index (χ1) is 15.7. The molecule has 1 aliphatic heterocycles. The highest BCUT2D eigenvalue weighted by Gasteiger charge is 2.23. The number of hydrogen-bond acceptors (Lipinski definition) is 4. The number of carbonyl (C=O) groups is 1. The summed E-state index contributed by atoms with van der Waals surface area (Å²) in [5.41, 5.74) is -0.256. The van der Waals surface area contributed by atoms with Gasteiger partial charge in [-0.3, -0.25) is 9.78 Å². The highest BCUT2D eigenvalue weighted by molar-refractivity contribution is 6.35. The fourth-order valence-electron chi connectivity index (χ4n) is 4.22. The van der Waals surface area contributed by atoms with Crippen molar-refractivity contribution >= 4 is 28.3 Å². The Balaban J connectivity index is 1.62. The Morgan fingerprint density at radius 2 is 1.85 bits per heavy atom. The lowest BCUT2D eigenvalue weighted by Crippen LogP contribution is -2.46. The Kier molecular flexibility index (Phi) is 6.88. The van der Waals surface area contributed by atoms with Gasteiger partial charge >= 0.3 is 0 Å². The molecule has 4 rings (SSSR count). The first-order valence-electron chi connectivity index (χ1n) is 10.7. The van der Waals surface area contributed by atoms with Crippen LogP contribution >= 0.6 is 11.6 Å². The molecule has 3 aromatic rings. The minimum absolute atomic E-state index is 0.0256. The molecule has 0 saturated carbocycles. The van der Waals surface area contributed by atoms with Gasteiger partial charge in [0.2, 0.25) is 0 Å². The van der Waals surface area contributed by atoms with Gasteiger partial charge in [-0.2, -0.15) is 0 Å². The van der Waals surface area contributed by atoms with Crippen LogP contribution in [0.25, 0.3) is 22.0 Å². The molecule has 2 N–H and O–H groups in total. The number of benzene rings is 2. The minimum Gasteiger partial charge on any atom is -0.392 e. The molecular weight excluding hydrogens is 455 g/mol. The number of pyridine rings is 1. The molecule has 0 unspecified atom stereocenters.